The monoisotopic (exact) mass is 400 g/mol. The van der Waals surface area contributed by atoms with Crippen LogP contribution < -0.4 is 5.32 Å². The molecule has 2 N–H and O–H groups in total. The number of hydrogen-bond donors (Lipinski definition) is 2. The van der Waals surface area contributed by atoms with Crippen LogP contribution in [0.15, 0.2) is 30.7 Å². The van der Waals surface area contributed by atoms with Crippen molar-refractivity contribution in [1.82, 2.24) is 29.6 Å². The Morgan fingerprint density at radius 2 is 1.90 bits per heavy atom. The fourth-order valence-electron chi connectivity index (χ4n) is 3.99. The quantitative estimate of drug-likeness (QED) is 0.539. The fourth-order valence-corrected chi connectivity index (χ4v) is 3.99. The highest BCUT2D eigenvalue weighted by Gasteiger charge is 2.26. The summed E-state index contributed by atoms with van der Waals surface area (Å²) < 4.78 is 3.55. The van der Waals surface area contributed by atoms with Gasteiger partial charge in [-0.15, -0.1) is 0 Å². The van der Waals surface area contributed by atoms with Crippen molar-refractivity contribution in [3.63, 3.8) is 0 Å². The Balaban J connectivity index is 1.83. The van der Waals surface area contributed by atoms with Crippen LogP contribution in [0.3, 0.4) is 0 Å². The van der Waals surface area contributed by atoms with Crippen LogP contribution in [0.1, 0.15) is 38.6 Å². The molecule has 150 valence electrons. The van der Waals surface area contributed by atoms with Crippen LogP contribution >= 0.6 is 0 Å². The highest BCUT2D eigenvalue weighted by atomic mass is 16.3. The van der Waals surface area contributed by atoms with E-state index in [4.69, 9.17) is 0 Å². The summed E-state index contributed by atoms with van der Waals surface area (Å²) in [5.74, 6) is 0.547. The average Bonchev–Trinajstić information content (AvgIpc) is 3.25. The lowest BCUT2D eigenvalue weighted by atomic mass is 10.1. The van der Waals surface area contributed by atoms with Crippen LogP contribution in [0.25, 0.3) is 28.5 Å². The second-order valence-electron chi connectivity index (χ2n) is 7.56. The van der Waals surface area contributed by atoms with Crippen LogP contribution in [0.4, 0.5) is 0 Å². The van der Waals surface area contributed by atoms with Gasteiger partial charge >= 0.3 is 0 Å². The van der Waals surface area contributed by atoms with E-state index in [2.05, 4.69) is 20.4 Å². The van der Waals surface area contributed by atoms with Gasteiger partial charge in [0.2, 0.25) is 0 Å². The number of aromatic nitrogens is 5. The molecule has 0 unspecified atom stereocenters. The predicted octanol–water partition coefficient (Wildman–Crippen LogP) is 3.03. The lowest BCUT2D eigenvalue weighted by Crippen LogP contribution is -2.20. The maximum Gasteiger partial charge on any atom is 0.258 e. The van der Waals surface area contributed by atoms with Crippen LogP contribution in [0, 0.1) is 20.8 Å². The molecular formula is C22H20N6O2. The molecule has 0 atom stereocenters. The Labute approximate surface area is 172 Å². The highest BCUT2D eigenvalue weighted by molar-refractivity contribution is 6.15. The average molecular weight is 400 g/mol. The van der Waals surface area contributed by atoms with Gasteiger partial charge < -0.3 is 10.4 Å². The molecule has 4 heterocycles. The summed E-state index contributed by atoms with van der Waals surface area (Å²) in [5.41, 5.74) is 5.71. The molecule has 5 rings (SSSR count). The van der Waals surface area contributed by atoms with Gasteiger partial charge in [0.15, 0.2) is 0 Å². The van der Waals surface area contributed by atoms with Gasteiger partial charge in [-0.2, -0.15) is 5.10 Å². The standard InChI is InChI=1S/C22H20N6O2/c1-11-5-6-18(29)12(2)20(11)28-10-15-19-17(24-13(3)25-21(19)28)7-16(26-22(15)30)14-8-23-27(4)9-14/h5-10,29H,1-4H3,(H,26,30). The number of nitrogens with zero attached hydrogens (tertiary/aromatic N) is 5. The number of phenols is 1. The summed E-state index contributed by atoms with van der Waals surface area (Å²) in [6.45, 7) is 5.64. The van der Waals surface area contributed by atoms with E-state index >= 15 is 0 Å². The number of rotatable bonds is 2. The minimum atomic E-state index is -0.240. The SMILES string of the molecule is Cc1nc2c3c(cn(-c4c(C)ccc(O)c4C)c3n1)C(=O)NC(c1cnn(C)c1)=C2. The largest absolute Gasteiger partial charge is 0.508 e. The van der Waals surface area contributed by atoms with Crippen molar-refractivity contribution in [2.24, 2.45) is 7.05 Å². The lowest BCUT2D eigenvalue weighted by molar-refractivity contribution is 0.0975. The molecule has 0 radical (unpaired) electrons. The lowest BCUT2D eigenvalue weighted by Gasteiger charge is -2.14. The Morgan fingerprint density at radius 3 is 2.63 bits per heavy atom. The van der Waals surface area contributed by atoms with Crippen LogP contribution in [-0.2, 0) is 7.05 Å². The smallest absolute Gasteiger partial charge is 0.258 e. The molecule has 0 fully saturated rings. The molecule has 8 nitrogen and oxygen atoms in total. The molecular weight excluding hydrogens is 380 g/mol. The molecule has 1 aromatic carbocycles. The maximum atomic E-state index is 13.2. The Kier molecular flexibility index (Phi) is 3.79. The van der Waals surface area contributed by atoms with Crippen molar-refractivity contribution in [1.29, 1.82) is 0 Å². The van der Waals surface area contributed by atoms with Crippen LogP contribution in [0.2, 0.25) is 0 Å². The number of phenolic OH excluding ortho intramolecular Hbond substituents is 1. The number of aromatic hydroxyl groups is 1. The number of carbonyl (C=O) groups excluding carboxylic acids is 1. The van der Waals surface area contributed by atoms with E-state index in [0.717, 1.165) is 22.4 Å². The van der Waals surface area contributed by atoms with Crippen molar-refractivity contribution >= 4 is 28.7 Å². The second kappa shape index (κ2) is 6.28. The van der Waals surface area contributed by atoms with Gasteiger partial charge in [-0.25, -0.2) is 9.97 Å². The summed E-state index contributed by atoms with van der Waals surface area (Å²) in [7, 11) is 1.83. The van der Waals surface area contributed by atoms with Crippen molar-refractivity contribution < 1.29 is 9.90 Å². The maximum absolute atomic E-state index is 13.2. The minimum absolute atomic E-state index is 0.195. The second-order valence-corrected chi connectivity index (χ2v) is 7.56. The molecule has 30 heavy (non-hydrogen) atoms. The summed E-state index contributed by atoms with van der Waals surface area (Å²) in [6.07, 6.45) is 7.17. The van der Waals surface area contributed by atoms with Gasteiger partial charge in [0.05, 0.1) is 34.2 Å². The Bertz CT molecular complexity index is 1390. The van der Waals surface area contributed by atoms with Crippen molar-refractivity contribution in [2.75, 3.05) is 0 Å². The first-order chi connectivity index (χ1) is 14.3. The molecule has 8 heteroatoms. The van der Waals surface area contributed by atoms with E-state index < -0.39 is 0 Å². The molecule has 0 saturated carbocycles. The summed E-state index contributed by atoms with van der Waals surface area (Å²) in [4.78, 5) is 22.4. The van der Waals surface area contributed by atoms with Gasteiger partial charge in [0.1, 0.15) is 17.2 Å². The third-order valence-corrected chi connectivity index (χ3v) is 5.42. The van der Waals surface area contributed by atoms with Crippen molar-refractivity contribution in [3.8, 4) is 11.4 Å². The molecule has 0 bridgehead atoms. The number of hydrogen-bond acceptors (Lipinski definition) is 5. The van der Waals surface area contributed by atoms with Gasteiger partial charge in [0, 0.05) is 30.6 Å². The van der Waals surface area contributed by atoms with E-state index in [1.807, 2.05) is 50.7 Å². The van der Waals surface area contributed by atoms with E-state index in [1.54, 1.807) is 23.1 Å². The Hall–Kier alpha value is -3.94. The molecule has 4 aromatic rings. The predicted molar refractivity (Wildman–Crippen MR) is 113 cm³/mol. The molecule has 1 aliphatic rings. The zero-order chi connectivity index (χ0) is 21.2. The normalized spacial score (nSPS) is 13.3. The van der Waals surface area contributed by atoms with Crippen molar-refractivity contribution in [3.05, 3.63) is 64.5 Å². The molecule has 3 aromatic heterocycles. The number of amides is 1. The topological polar surface area (TPSA) is 97.9 Å². The fraction of sp³-hybridized carbons (Fsp3) is 0.182. The third kappa shape index (κ3) is 2.61. The molecule has 0 aliphatic carbocycles. The van der Waals surface area contributed by atoms with Gasteiger partial charge in [-0.1, -0.05) is 6.07 Å². The number of aryl methyl sites for hydroxylation is 3. The zero-order valence-electron chi connectivity index (χ0n) is 17.1. The molecule has 1 amide bonds. The number of nitrogens with one attached hydrogen (secondary N) is 1. The Morgan fingerprint density at radius 1 is 1.10 bits per heavy atom. The summed E-state index contributed by atoms with van der Waals surface area (Å²) in [6, 6.07) is 3.52. The number of benzene rings is 1. The van der Waals surface area contributed by atoms with Gasteiger partial charge in [0.25, 0.3) is 5.91 Å². The summed E-state index contributed by atoms with van der Waals surface area (Å²) >= 11 is 0. The first kappa shape index (κ1) is 18.1. The highest BCUT2D eigenvalue weighted by Crippen LogP contribution is 2.34. The minimum Gasteiger partial charge on any atom is -0.508 e. The molecule has 0 spiro atoms. The van der Waals surface area contributed by atoms with E-state index in [9.17, 15) is 9.90 Å². The number of carbonyl (C=O) groups is 1. The zero-order valence-corrected chi connectivity index (χ0v) is 17.1. The first-order valence-electron chi connectivity index (χ1n) is 9.55. The first-order valence-corrected chi connectivity index (χ1v) is 9.55. The van der Waals surface area contributed by atoms with E-state index in [-0.39, 0.29) is 11.7 Å². The van der Waals surface area contributed by atoms with Crippen LogP contribution in [0.5, 0.6) is 5.75 Å². The summed E-state index contributed by atoms with van der Waals surface area (Å²) in [5, 5.41) is 18.1. The van der Waals surface area contributed by atoms with E-state index in [1.165, 1.54) is 0 Å². The van der Waals surface area contributed by atoms with Crippen molar-refractivity contribution in [2.45, 2.75) is 20.8 Å². The van der Waals surface area contributed by atoms with Crippen LogP contribution in [-0.4, -0.2) is 35.3 Å². The molecule has 0 saturated heterocycles. The van der Waals surface area contributed by atoms with Gasteiger partial charge in [-0.05, 0) is 38.5 Å². The van der Waals surface area contributed by atoms with Gasteiger partial charge in [-0.3, -0.25) is 14.0 Å². The van der Waals surface area contributed by atoms with E-state index in [0.29, 0.717) is 33.8 Å². The third-order valence-electron chi connectivity index (χ3n) is 5.42. The molecule has 1 aliphatic heterocycles.